The maximum atomic E-state index is 2.35. The molecule has 1 heterocycles. The van der Waals surface area contributed by atoms with Crippen LogP contribution in [0.2, 0.25) is 0 Å². The molecule has 0 saturated carbocycles. The first-order valence-electron chi connectivity index (χ1n) is 5.70. The number of rotatable bonds is 1. The van der Waals surface area contributed by atoms with Crippen LogP contribution in [-0.4, -0.2) is 11.0 Å². The fraction of sp³-hybridized carbons (Fsp3) is 0.200. The average molecular weight is 258 g/mol. The number of hydrogen-bond acceptors (Lipinski definition) is 2. The van der Waals surface area contributed by atoms with E-state index in [1.54, 1.807) is 11.8 Å². The minimum atomic E-state index is 0.140. The van der Waals surface area contributed by atoms with Crippen LogP contribution in [0.25, 0.3) is 0 Å². The van der Waals surface area contributed by atoms with E-state index in [-0.39, 0.29) is 4.75 Å². The third-order valence-electron chi connectivity index (χ3n) is 3.20. The van der Waals surface area contributed by atoms with Gasteiger partial charge >= 0.3 is 0 Å². The first kappa shape index (κ1) is 11.2. The fourth-order valence-corrected chi connectivity index (χ4v) is 4.44. The zero-order valence-corrected chi connectivity index (χ0v) is 11.4. The summed E-state index contributed by atoms with van der Waals surface area (Å²) in [5.74, 6) is 0. The second-order valence-corrected chi connectivity index (χ2v) is 6.38. The first-order chi connectivity index (χ1) is 8.34. The molecule has 1 spiro atoms. The minimum Gasteiger partial charge on any atom is -0.137 e. The predicted molar refractivity (Wildman–Crippen MR) is 78.6 cm³/mol. The van der Waals surface area contributed by atoms with Crippen molar-refractivity contribution in [2.75, 3.05) is 6.26 Å². The zero-order chi connectivity index (χ0) is 11.7. The van der Waals surface area contributed by atoms with Crippen LogP contribution >= 0.6 is 23.5 Å². The molecule has 0 nitrogen and oxygen atoms in total. The van der Waals surface area contributed by atoms with E-state index in [0.717, 1.165) is 6.42 Å². The Balaban J connectivity index is 2.02. The smallest absolute Gasteiger partial charge is 0.0683 e. The summed E-state index contributed by atoms with van der Waals surface area (Å²) in [5, 5.41) is 2.28. The van der Waals surface area contributed by atoms with E-state index in [2.05, 4.69) is 60.2 Å². The van der Waals surface area contributed by atoms with Crippen molar-refractivity contribution in [1.82, 2.24) is 0 Å². The van der Waals surface area contributed by atoms with Gasteiger partial charge < -0.3 is 0 Å². The van der Waals surface area contributed by atoms with Gasteiger partial charge in [-0.2, -0.15) is 0 Å². The summed E-state index contributed by atoms with van der Waals surface area (Å²) in [4.78, 5) is 1.43. The Labute approximate surface area is 111 Å². The summed E-state index contributed by atoms with van der Waals surface area (Å²) >= 11 is 3.78. The highest BCUT2D eigenvalue weighted by atomic mass is 32.2. The average Bonchev–Trinajstić information content (AvgIpc) is 2.71. The van der Waals surface area contributed by atoms with Crippen molar-refractivity contribution in [2.45, 2.75) is 16.1 Å². The van der Waals surface area contributed by atoms with Gasteiger partial charge in [0.05, 0.1) is 4.75 Å². The summed E-state index contributed by atoms with van der Waals surface area (Å²) in [6, 6.07) is 8.75. The van der Waals surface area contributed by atoms with Crippen molar-refractivity contribution in [3.63, 3.8) is 0 Å². The van der Waals surface area contributed by atoms with E-state index >= 15 is 0 Å². The molecule has 0 bridgehead atoms. The van der Waals surface area contributed by atoms with E-state index in [4.69, 9.17) is 0 Å². The van der Waals surface area contributed by atoms with Gasteiger partial charge in [0.15, 0.2) is 0 Å². The van der Waals surface area contributed by atoms with Crippen molar-refractivity contribution in [2.24, 2.45) is 0 Å². The van der Waals surface area contributed by atoms with Gasteiger partial charge in [0, 0.05) is 4.90 Å². The molecule has 1 aromatic rings. The van der Waals surface area contributed by atoms with Crippen LogP contribution < -0.4 is 0 Å². The molecule has 0 radical (unpaired) electrons. The van der Waals surface area contributed by atoms with Crippen LogP contribution in [-0.2, 0) is 6.42 Å². The monoisotopic (exact) mass is 258 g/mol. The number of thioether (sulfide) groups is 2. The van der Waals surface area contributed by atoms with Crippen molar-refractivity contribution in [1.29, 1.82) is 0 Å². The van der Waals surface area contributed by atoms with Crippen molar-refractivity contribution in [3.8, 4) is 0 Å². The zero-order valence-electron chi connectivity index (χ0n) is 9.72. The number of allylic oxidation sites excluding steroid dienone is 3. The molecule has 0 unspecified atom stereocenters. The Hall–Kier alpha value is -0.860. The first-order valence-corrected chi connectivity index (χ1v) is 7.81. The Bertz CT molecular complexity index is 498. The topological polar surface area (TPSA) is 0 Å². The van der Waals surface area contributed by atoms with Crippen molar-refractivity contribution < 1.29 is 0 Å². The largest absolute Gasteiger partial charge is 0.137 e. The summed E-state index contributed by atoms with van der Waals surface area (Å²) in [7, 11) is 0. The molecule has 3 rings (SSSR count). The summed E-state index contributed by atoms with van der Waals surface area (Å²) < 4.78 is 0.140. The highest BCUT2D eigenvalue weighted by Crippen LogP contribution is 2.51. The van der Waals surface area contributed by atoms with Crippen molar-refractivity contribution >= 4 is 23.5 Å². The quantitative estimate of drug-likeness (QED) is 0.730. The third kappa shape index (κ3) is 1.90. The molecule has 0 saturated heterocycles. The molecule has 0 amide bonds. The molecule has 2 heteroatoms. The van der Waals surface area contributed by atoms with Gasteiger partial charge in [-0.3, -0.25) is 0 Å². The normalized spacial score (nSPS) is 27.9. The Morgan fingerprint density at radius 2 is 2.18 bits per heavy atom. The summed E-state index contributed by atoms with van der Waals surface area (Å²) in [6.45, 7) is 0. The van der Waals surface area contributed by atoms with E-state index < -0.39 is 0 Å². The lowest BCUT2D eigenvalue weighted by Crippen LogP contribution is -2.24. The molecule has 0 N–H and O–H groups in total. The number of fused-ring (bicyclic) bond motifs is 1. The second kappa shape index (κ2) is 4.43. The Morgan fingerprint density at radius 1 is 1.29 bits per heavy atom. The molecule has 0 fully saturated rings. The van der Waals surface area contributed by atoms with Crippen molar-refractivity contribution in [3.05, 3.63) is 65.1 Å². The highest BCUT2D eigenvalue weighted by Gasteiger charge is 2.38. The molecule has 0 aromatic heterocycles. The molecular weight excluding hydrogens is 244 g/mol. The van der Waals surface area contributed by atoms with E-state index in [0.29, 0.717) is 0 Å². The Morgan fingerprint density at radius 3 is 3.00 bits per heavy atom. The highest BCUT2D eigenvalue weighted by molar-refractivity contribution is 8.02. The SMILES string of the molecule is CS/C=C1\C=CC=C[C@@]12Cc1ccccc1S2. The summed E-state index contributed by atoms with van der Waals surface area (Å²) in [5.41, 5.74) is 2.90. The molecule has 17 heavy (non-hydrogen) atoms. The van der Waals surface area contributed by atoms with Gasteiger partial charge in [0.1, 0.15) is 0 Å². The maximum Gasteiger partial charge on any atom is 0.0683 e. The third-order valence-corrected chi connectivity index (χ3v) is 5.19. The second-order valence-electron chi connectivity index (χ2n) is 4.30. The van der Waals surface area contributed by atoms with Gasteiger partial charge in [-0.25, -0.2) is 0 Å². The van der Waals surface area contributed by atoms with Gasteiger partial charge in [-0.15, -0.1) is 23.5 Å². The lowest BCUT2D eigenvalue weighted by molar-refractivity contribution is 0.842. The van der Waals surface area contributed by atoms with Crippen LogP contribution in [0.1, 0.15) is 5.56 Å². The van der Waals surface area contributed by atoms with Gasteiger partial charge in [-0.1, -0.05) is 42.5 Å². The molecule has 1 aromatic carbocycles. The molecule has 86 valence electrons. The summed E-state index contributed by atoms with van der Waals surface area (Å²) in [6.07, 6.45) is 12.1. The lowest BCUT2D eigenvalue weighted by Gasteiger charge is -2.27. The maximum absolute atomic E-state index is 2.35. The number of benzene rings is 1. The van der Waals surface area contributed by atoms with Crippen LogP contribution in [0, 0.1) is 0 Å². The van der Waals surface area contributed by atoms with Gasteiger partial charge in [0.25, 0.3) is 0 Å². The number of hydrogen-bond donors (Lipinski definition) is 0. The molecule has 1 atom stereocenters. The van der Waals surface area contributed by atoms with Gasteiger partial charge in [-0.05, 0) is 35.3 Å². The minimum absolute atomic E-state index is 0.140. The predicted octanol–water partition coefficient (Wildman–Crippen LogP) is 4.45. The molecule has 1 aliphatic carbocycles. The van der Waals surface area contributed by atoms with E-state index in [9.17, 15) is 0 Å². The van der Waals surface area contributed by atoms with Gasteiger partial charge in [0.2, 0.25) is 0 Å². The Kier molecular flexibility index (Phi) is 2.93. The van der Waals surface area contributed by atoms with E-state index in [1.165, 1.54) is 16.0 Å². The lowest BCUT2D eigenvalue weighted by atomic mass is 9.89. The van der Waals surface area contributed by atoms with Crippen LogP contribution in [0.5, 0.6) is 0 Å². The van der Waals surface area contributed by atoms with Crippen LogP contribution in [0.3, 0.4) is 0 Å². The molecule has 1 aliphatic heterocycles. The standard InChI is InChI=1S/C15H14S2/c1-16-11-13-7-4-5-9-15(13)10-12-6-2-3-8-14(12)17-15/h2-9,11H,10H2,1H3/b13-11+/t15-/m1/s1. The van der Waals surface area contributed by atoms with Crippen LogP contribution in [0.4, 0.5) is 0 Å². The van der Waals surface area contributed by atoms with E-state index in [1.807, 2.05) is 11.8 Å². The fourth-order valence-electron chi connectivity index (χ4n) is 2.39. The van der Waals surface area contributed by atoms with Crippen LogP contribution in [0.15, 0.2) is 64.4 Å². The molecular formula is C15H14S2. The molecule has 2 aliphatic rings.